The molecule has 0 saturated carbocycles. The van der Waals surface area contributed by atoms with E-state index in [1.165, 1.54) is 13.0 Å². The number of rotatable bonds is 4. The van der Waals surface area contributed by atoms with Crippen LogP contribution in [0.3, 0.4) is 0 Å². The third-order valence-corrected chi connectivity index (χ3v) is 3.60. The number of benzene rings is 1. The topological polar surface area (TPSA) is 38.8 Å². The van der Waals surface area contributed by atoms with Crippen molar-refractivity contribution in [1.82, 2.24) is 4.90 Å². The average Bonchev–Trinajstić information content (AvgIpc) is 2.69. The van der Waals surface area contributed by atoms with Gasteiger partial charge >= 0.3 is 6.18 Å². The highest BCUT2D eigenvalue weighted by Crippen LogP contribution is 2.38. The van der Waals surface area contributed by atoms with Crippen LogP contribution in [0.25, 0.3) is 0 Å². The molecule has 0 atom stereocenters. The molecule has 1 aliphatic rings. The van der Waals surface area contributed by atoms with E-state index in [2.05, 4.69) is 0 Å². The van der Waals surface area contributed by atoms with E-state index >= 15 is 0 Å². The van der Waals surface area contributed by atoms with Crippen LogP contribution in [0.5, 0.6) is 11.5 Å². The first-order valence-corrected chi connectivity index (χ1v) is 7.60. The number of ether oxygens (including phenoxy) is 2. The highest BCUT2D eigenvalue weighted by atomic mass is 35.5. The van der Waals surface area contributed by atoms with E-state index in [0.29, 0.717) is 36.7 Å². The Bertz CT molecular complexity index is 578. The van der Waals surface area contributed by atoms with E-state index in [4.69, 9.17) is 21.1 Å². The molecule has 1 heterocycles. The molecule has 0 aromatic heterocycles. The number of amides is 1. The van der Waals surface area contributed by atoms with Gasteiger partial charge in [0, 0.05) is 13.0 Å². The summed E-state index contributed by atoms with van der Waals surface area (Å²) in [6.07, 6.45) is -3.90. The van der Waals surface area contributed by atoms with Gasteiger partial charge in [-0.1, -0.05) is 11.6 Å². The first kappa shape index (κ1) is 17.7. The molecule has 8 heteroatoms. The lowest BCUT2D eigenvalue weighted by molar-refractivity contribution is -0.160. The minimum atomic E-state index is -4.42. The van der Waals surface area contributed by atoms with E-state index in [-0.39, 0.29) is 18.0 Å². The summed E-state index contributed by atoms with van der Waals surface area (Å²) in [4.78, 5) is 12.8. The lowest BCUT2D eigenvalue weighted by Gasteiger charge is -2.22. The number of carbonyl (C=O) groups is 1. The standard InChI is InChI=1S/C15H17ClF3NO3/c1-2-20(9-15(17,18)19)13(21)8-10-6-11(16)14-12(7-10)22-4-3-5-23-14/h6-7H,2-5,8-9H2,1H3. The molecule has 1 amide bonds. The Balaban J connectivity index is 2.14. The molecule has 4 nitrogen and oxygen atoms in total. The van der Waals surface area contributed by atoms with Crippen molar-refractivity contribution < 1.29 is 27.4 Å². The lowest BCUT2D eigenvalue weighted by Crippen LogP contribution is -2.39. The number of halogens is 4. The fourth-order valence-corrected chi connectivity index (χ4v) is 2.55. The zero-order valence-corrected chi connectivity index (χ0v) is 13.3. The van der Waals surface area contributed by atoms with Crippen LogP contribution >= 0.6 is 11.6 Å². The average molecular weight is 352 g/mol. The molecule has 0 bridgehead atoms. The van der Waals surface area contributed by atoms with Crippen molar-refractivity contribution in [3.8, 4) is 11.5 Å². The summed E-state index contributed by atoms with van der Waals surface area (Å²) in [6.45, 7) is 1.15. The van der Waals surface area contributed by atoms with Crippen molar-refractivity contribution in [1.29, 1.82) is 0 Å². The molecule has 2 rings (SSSR count). The smallest absolute Gasteiger partial charge is 0.406 e. The number of likely N-dealkylation sites (N-methyl/N-ethyl adjacent to an activating group) is 1. The molecule has 128 valence electrons. The number of fused-ring (bicyclic) bond motifs is 1. The highest BCUT2D eigenvalue weighted by Gasteiger charge is 2.32. The van der Waals surface area contributed by atoms with Gasteiger partial charge in [0.1, 0.15) is 6.54 Å². The van der Waals surface area contributed by atoms with E-state index in [9.17, 15) is 18.0 Å². The Hall–Kier alpha value is -1.63. The van der Waals surface area contributed by atoms with Crippen LogP contribution in [0.4, 0.5) is 13.2 Å². The molecular formula is C15H17ClF3NO3. The second-order valence-corrected chi connectivity index (χ2v) is 5.56. The van der Waals surface area contributed by atoms with Gasteiger partial charge in [-0.25, -0.2) is 0 Å². The van der Waals surface area contributed by atoms with Crippen LogP contribution < -0.4 is 9.47 Å². The quantitative estimate of drug-likeness (QED) is 0.834. The third kappa shape index (κ3) is 4.92. The van der Waals surface area contributed by atoms with Crippen LogP contribution in [0.1, 0.15) is 18.9 Å². The summed E-state index contributed by atoms with van der Waals surface area (Å²) in [5.74, 6) is 0.204. The molecule has 1 aromatic carbocycles. The summed E-state index contributed by atoms with van der Waals surface area (Å²) < 4.78 is 48.4. The number of carbonyl (C=O) groups excluding carboxylic acids is 1. The lowest BCUT2D eigenvalue weighted by atomic mass is 10.1. The predicted molar refractivity (Wildman–Crippen MR) is 79.1 cm³/mol. The van der Waals surface area contributed by atoms with Gasteiger partial charge in [0.05, 0.1) is 24.7 Å². The maximum absolute atomic E-state index is 12.5. The maximum atomic E-state index is 12.5. The van der Waals surface area contributed by atoms with Gasteiger partial charge in [-0.2, -0.15) is 13.2 Å². The second-order valence-electron chi connectivity index (χ2n) is 5.16. The molecule has 0 radical (unpaired) electrons. The van der Waals surface area contributed by atoms with E-state index < -0.39 is 18.6 Å². The first-order chi connectivity index (χ1) is 10.8. The summed E-state index contributed by atoms with van der Waals surface area (Å²) in [5, 5.41) is 0.283. The third-order valence-electron chi connectivity index (χ3n) is 3.32. The number of nitrogens with zero attached hydrogens (tertiary/aromatic N) is 1. The molecule has 0 fully saturated rings. The van der Waals surface area contributed by atoms with Crippen molar-refractivity contribution in [3.05, 3.63) is 22.7 Å². The van der Waals surface area contributed by atoms with Crippen molar-refractivity contribution >= 4 is 17.5 Å². The molecular weight excluding hydrogens is 335 g/mol. The summed E-state index contributed by atoms with van der Waals surface area (Å²) >= 11 is 6.11. The van der Waals surface area contributed by atoms with Crippen molar-refractivity contribution in [3.63, 3.8) is 0 Å². The monoisotopic (exact) mass is 351 g/mol. The largest absolute Gasteiger partial charge is 0.489 e. The molecule has 0 spiro atoms. The van der Waals surface area contributed by atoms with Crippen LogP contribution in [0.15, 0.2) is 12.1 Å². The number of alkyl halides is 3. The minimum absolute atomic E-state index is 0.0172. The molecule has 1 aliphatic heterocycles. The summed E-state index contributed by atoms with van der Waals surface area (Å²) in [6, 6.07) is 3.11. The Labute approximate surface area is 137 Å². The van der Waals surface area contributed by atoms with Gasteiger partial charge in [-0.15, -0.1) is 0 Å². The van der Waals surface area contributed by atoms with Gasteiger partial charge in [0.2, 0.25) is 5.91 Å². The minimum Gasteiger partial charge on any atom is -0.489 e. The van der Waals surface area contributed by atoms with Gasteiger partial charge in [0.25, 0.3) is 0 Å². The normalized spacial score (nSPS) is 14.3. The zero-order chi connectivity index (χ0) is 17.0. The highest BCUT2D eigenvalue weighted by molar-refractivity contribution is 6.32. The van der Waals surface area contributed by atoms with Crippen LogP contribution in [-0.2, 0) is 11.2 Å². The van der Waals surface area contributed by atoms with Crippen LogP contribution in [0.2, 0.25) is 5.02 Å². The molecule has 0 aliphatic carbocycles. The summed E-state index contributed by atoms with van der Waals surface area (Å²) in [7, 11) is 0. The SMILES string of the molecule is CCN(CC(F)(F)F)C(=O)Cc1cc(Cl)c2c(c1)OCCCO2. The summed E-state index contributed by atoms with van der Waals surface area (Å²) in [5.41, 5.74) is 0.491. The van der Waals surface area contributed by atoms with E-state index in [0.717, 1.165) is 4.90 Å². The Morgan fingerprint density at radius 3 is 2.65 bits per heavy atom. The molecule has 0 unspecified atom stereocenters. The zero-order valence-electron chi connectivity index (χ0n) is 12.6. The van der Waals surface area contributed by atoms with Gasteiger partial charge in [-0.3, -0.25) is 4.79 Å². The Morgan fingerprint density at radius 2 is 2.00 bits per heavy atom. The van der Waals surface area contributed by atoms with E-state index in [1.807, 2.05) is 0 Å². The molecule has 0 saturated heterocycles. The molecule has 23 heavy (non-hydrogen) atoms. The van der Waals surface area contributed by atoms with Crippen LogP contribution in [0, 0.1) is 0 Å². The fraction of sp³-hybridized carbons (Fsp3) is 0.533. The van der Waals surface area contributed by atoms with Crippen molar-refractivity contribution in [2.75, 3.05) is 26.3 Å². The van der Waals surface area contributed by atoms with Crippen molar-refractivity contribution in [2.45, 2.75) is 25.9 Å². The van der Waals surface area contributed by atoms with Crippen molar-refractivity contribution in [2.24, 2.45) is 0 Å². The Morgan fingerprint density at radius 1 is 1.30 bits per heavy atom. The van der Waals surface area contributed by atoms with Gasteiger partial charge in [0.15, 0.2) is 11.5 Å². The second kappa shape index (κ2) is 7.29. The van der Waals surface area contributed by atoms with Gasteiger partial charge < -0.3 is 14.4 Å². The first-order valence-electron chi connectivity index (χ1n) is 7.22. The fourth-order valence-electron chi connectivity index (χ4n) is 2.27. The maximum Gasteiger partial charge on any atom is 0.406 e. The number of hydrogen-bond acceptors (Lipinski definition) is 3. The molecule has 0 N–H and O–H groups in total. The number of hydrogen-bond donors (Lipinski definition) is 0. The van der Waals surface area contributed by atoms with E-state index in [1.54, 1.807) is 6.07 Å². The molecule has 1 aromatic rings. The van der Waals surface area contributed by atoms with Crippen LogP contribution in [-0.4, -0.2) is 43.3 Å². The predicted octanol–water partition coefficient (Wildman–Crippen LogP) is 3.45. The Kier molecular flexibility index (Phi) is 5.62. The van der Waals surface area contributed by atoms with Gasteiger partial charge in [-0.05, 0) is 24.6 Å².